The summed E-state index contributed by atoms with van der Waals surface area (Å²) in [4.78, 5) is 0. The largest absolute Gasteiger partial charge is 0.0992 e. The Bertz CT molecular complexity index is 578. The number of hydrogen-bond acceptors (Lipinski definition) is 0. The van der Waals surface area contributed by atoms with E-state index in [0.29, 0.717) is 5.92 Å². The average molecular weight is 311 g/mol. The van der Waals surface area contributed by atoms with Gasteiger partial charge in [0, 0.05) is 5.92 Å². The Labute approximate surface area is 144 Å². The molecule has 2 aromatic rings. The molecule has 1 atom stereocenters. The fraction of sp³-hybridized carbons (Fsp3) is 0.391. The zero-order chi connectivity index (χ0) is 17.8. The maximum Gasteiger partial charge on any atom is 0.0299 e. The second kappa shape index (κ2) is 11.7. The molecule has 23 heavy (non-hydrogen) atoms. The van der Waals surface area contributed by atoms with Crippen molar-refractivity contribution in [1.82, 2.24) is 0 Å². The summed E-state index contributed by atoms with van der Waals surface area (Å²) in [7, 11) is 0. The van der Waals surface area contributed by atoms with Gasteiger partial charge in [0.2, 0.25) is 0 Å². The second-order valence-electron chi connectivity index (χ2n) is 5.19. The van der Waals surface area contributed by atoms with Crippen molar-refractivity contribution in [3.05, 3.63) is 82.9 Å². The van der Waals surface area contributed by atoms with E-state index in [1.54, 1.807) is 0 Å². The standard InChI is InChI=1S/C19H22.2C2H6/c1-5-16-11-7-9-13-18(16)19(14(2)3)17-12-8-6-10-15(17)4;2*1-2/h6-13,19H,2,5H2,1,3-4H3;2*1-2H3. The van der Waals surface area contributed by atoms with Crippen molar-refractivity contribution in [1.29, 1.82) is 0 Å². The zero-order valence-electron chi connectivity index (χ0n) is 16.1. The van der Waals surface area contributed by atoms with Crippen LogP contribution < -0.4 is 0 Å². The van der Waals surface area contributed by atoms with Crippen molar-refractivity contribution in [2.45, 2.75) is 60.8 Å². The van der Waals surface area contributed by atoms with E-state index < -0.39 is 0 Å². The predicted molar refractivity (Wildman–Crippen MR) is 106 cm³/mol. The minimum atomic E-state index is 0.303. The first-order chi connectivity index (χ1) is 11.1. The van der Waals surface area contributed by atoms with Crippen molar-refractivity contribution >= 4 is 0 Å². The molecule has 126 valence electrons. The molecule has 0 bridgehead atoms. The molecule has 0 aliphatic rings. The minimum Gasteiger partial charge on any atom is -0.0992 e. The van der Waals surface area contributed by atoms with Crippen molar-refractivity contribution in [2.24, 2.45) is 0 Å². The molecule has 0 fully saturated rings. The van der Waals surface area contributed by atoms with Crippen molar-refractivity contribution in [2.75, 3.05) is 0 Å². The summed E-state index contributed by atoms with van der Waals surface area (Å²) in [5.74, 6) is 0.303. The first-order valence-corrected chi connectivity index (χ1v) is 8.93. The van der Waals surface area contributed by atoms with Crippen molar-refractivity contribution in [3.8, 4) is 0 Å². The van der Waals surface area contributed by atoms with E-state index in [2.05, 4.69) is 75.9 Å². The summed E-state index contributed by atoms with van der Waals surface area (Å²) >= 11 is 0. The highest BCUT2D eigenvalue weighted by atomic mass is 14.2. The molecule has 0 heteroatoms. The average Bonchev–Trinajstić information content (AvgIpc) is 2.60. The van der Waals surface area contributed by atoms with Crippen LogP contribution in [0.3, 0.4) is 0 Å². The molecule has 1 unspecified atom stereocenters. The highest BCUT2D eigenvalue weighted by Gasteiger charge is 2.18. The molecule has 0 heterocycles. The van der Waals surface area contributed by atoms with Gasteiger partial charge in [-0.15, -0.1) is 0 Å². The minimum absolute atomic E-state index is 0.303. The zero-order valence-corrected chi connectivity index (χ0v) is 16.1. The van der Waals surface area contributed by atoms with E-state index in [9.17, 15) is 0 Å². The van der Waals surface area contributed by atoms with Gasteiger partial charge in [0.1, 0.15) is 0 Å². The SMILES string of the molecule is C=C(C)C(c1ccccc1C)c1ccccc1CC.CC.CC. The Balaban J connectivity index is 0.00000112. The van der Waals surface area contributed by atoms with Gasteiger partial charge >= 0.3 is 0 Å². The van der Waals surface area contributed by atoms with Gasteiger partial charge in [-0.2, -0.15) is 0 Å². The van der Waals surface area contributed by atoms with Gasteiger partial charge in [-0.25, -0.2) is 0 Å². The molecule has 0 nitrogen and oxygen atoms in total. The summed E-state index contributed by atoms with van der Waals surface area (Å²) in [5, 5.41) is 0. The van der Waals surface area contributed by atoms with E-state index in [-0.39, 0.29) is 0 Å². The smallest absolute Gasteiger partial charge is 0.0299 e. The van der Waals surface area contributed by atoms with Crippen LogP contribution in [0, 0.1) is 6.92 Å². The number of benzene rings is 2. The predicted octanol–water partition coefficient (Wildman–Crippen LogP) is 7.32. The lowest BCUT2D eigenvalue weighted by Crippen LogP contribution is -2.07. The van der Waals surface area contributed by atoms with E-state index in [0.717, 1.165) is 6.42 Å². The first kappa shape index (κ1) is 21.2. The molecule has 0 aliphatic carbocycles. The number of hydrogen-bond donors (Lipinski definition) is 0. The molecule has 2 aromatic carbocycles. The molecular formula is C23H34. The Hall–Kier alpha value is -1.82. The van der Waals surface area contributed by atoms with Gasteiger partial charge in [0.15, 0.2) is 0 Å². The highest BCUT2D eigenvalue weighted by molar-refractivity contribution is 5.46. The van der Waals surface area contributed by atoms with E-state index in [4.69, 9.17) is 0 Å². The second-order valence-corrected chi connectivity index (χ2v) is 5.19. The van der Waals surface area contributed by atoms with Gasteiger partial charge in [-0.1, -0.05) is 95.3 Å². The van der Waals surface area contributed by atoms with E-state index >= 15 is 0 Å². The third kappa shape index (κ3) is 5.71. The number of rotatable bonds is 4. The van der Waals surface area contributed by atoms with Crippen molar-refractivity contribution in [3.63, 3.8) is 0 Å². The van der Waals surface area contributed by atoms with Crippen LogP contribution in [0.5, 0.6) is 0 Å². The summed E-state index contributed by atoms with van der Waals surface area (Å²) in [6.07, 6.45) is 1.06. The van der Waals surface area contributed by atoms with Crippen LogP contribution in [0.1, 0.15) is 69.7 Å². The van der Waals surface area contributed by atoms with Crippen LogP contribution in [0.2, 0.25) is 0 Å². The molecule has 2 rings (SSSR count). The van der Waals surface area contributed by atoms with Crippen LogP contribution in [-0.2, 0) is 6.42 Å². The topological polar surface area (TPSA) is 0 Å². The fourth-order valence-corrected chi connectivity index (χ4v) is 2.75. The summed E-state index contributed by atoms with van der Waals surface area (Å²) in [6, 6.07) is 17.3. The van der Waals surface area contributed by atoms with E-state index in [1.807, 2.05) is 27.7 Å². The maximum absolute atomic E-state index is 4.22. The lowest BCUT2D eigenvalue weighted by molar-refractivity contribution is 0.909. The van der Waals surface area contributed by atoms with Crippen LogP contribution in [0.25, 0.3) is 0 Å². The molecule has 0 amide bonds. The van der Waals surface area contributed by atoms with Crippen LogP contribution in [0.15, 0.2) is 60.7 Å². The van der Waals surface area contributed by atoms with Crippen molar-refractivity contribution < 1.29 is 0 Å². The molecule has 0 aromatic heterocycles. The summed E-state index contributed by atoms with van der Waals surface area (Å²) in [6.45, 7) is 18.7. The van der Waals surface area contributed by atoms with Gasteiger partial charge in [0.25, 0.3) is 0 Å². The summed E-state index contributed by atoms with van der Waals surface area (Å²) < 4.78 is 0. The molecule has 0 saturated heterocycles. The molecule has 0 radical (unpaired) electrons. The number of aryl methyl sites for hydroxylation is 2. The van der Waals surface area contributed by atoms with Gasteiger partial charge in [-0.05, 0) is 42.5 Å². The molecule has 0 aliphatic heterocycles. The van der Waals surface area contributed by atoms with E-state index in [1.165, 1.54) is 27.8 Å². The van der Waals surface area contributed by atoms with Gasteiger partial charge in [-0.3, -0.25) is 0 Å². The lowest BCUT2D eigenvalue weighted by Gasteiger charge is -2.23. The molecule has 0 spiro atoms. The monoisotopic (exact) mass is 310 g/mol. The maximum atomic E-state index is 4.22. The van der Waals surface area contributed by atoms with Crippen LogP contribution in [0.4, 0.5) is 0 Å². The van der Waals surface area contributed by atoms with Gasteiger partial charge < -0.3 is 0 Å². The molecular weight excluding hydrogens is 276 g/mol. The fourth-order valence-electron chi connectivity index (χ4n) is 2.75. The third-order valence-corrected chi connectivity index (χ3v) is 3.74. The van der Waals surface area contributed by atoms with Crippen LogP contribution in [-0.4, -0.2) is 0 Å². The number of allylic oxidation sites excluding steroid dienone is 1. The Morgan fingerprint density at radius 1 is 0.870 bits per heavy atom. The first-order valence-electron chi connectivity index (χ1n) is 8.93. The van der Waals surface area contributed by atoms with Gasteiger partial charge in [0.05, 0.1) is 0 Å². The Morgan fingerprint density at radius 2 is 1.35 bits per heavy atom. The Kier molecular flexibility index (Phi) is 10.8. The quantitative estimate of drug-likeness (QED) is 0.519. The lowest BCUT2D eigenvalue weighted by atomic mass is 9.81. The normalized spacial score (nSPS) is 10.6. The molecule has 0 saturated carbocycles. The summed E-state index contributed by atoms with van der Waals surface area (Å²) in [5.41, 5.74) is 6.72. The molecule has 0 N–H and O–H groups in total. The Morgan fingerprint density at radius 3 is 1.83 bits per heavy atom. The highest BCUT2D eigenvalue weighted by Crippen LogP contribution is 2.34. The van der Waals surface area contributed by atoms with Crippen LogP contribution >= 0.6 is 0 Å². The third-order valence-electron chi connectivity index (χ3n) is 3.74.